The molecule has 7 heteroatoms. The van der Waals surface area contributed by atoms with Crippen molar-refractivity contribution < 1.29 is 8.42 Å². The topological polar surface area (TPSA) is 78.1 Å². The molecule has 0 bridgehead atoms. The minimum Gasteiger partial charge on any atom is -0.335 e. The summed E-state index contributed by atoms with van der Waals surface area (Å²) in [6, 6.07) is 0.406. The lowest BCUT2D eigenvalue weighted by atomic mass is 9.91. The van der Waals surface area contributed by atoms with Gasteiger partial charge in [-0.05, 0) is 19.4 Å². The Morgan fingerprint density at radius 2 is 2.39 bits per heavy atom. The van der Waals surface area contributed by atoms with Crippen LogP contribution in [0.5, 0.6) is 0 Å². The highest BCUT2D eigenvalue weighted by Gasteiger charge is 2.34. The van der Waals surface area contributed by atoms with Gasteiger partial charge in [0.2, 0.25) is 0 Å². The van der Waals surface area contributed by atoms with Crippen LogP contribution >= 0.6 is 0 Å². The highest BCUT2D eigenvalue weighted by Crippen LogP contribution is 2.24. The Labute approximate surface area is 108 Å². The maximum atomic E-state index is 12.3. The molecule has 1 aliphatic rings. The summed E-state index contributed by atoms with van der Waals surface area (Å²) < 4.78 is 26.2. The smallest absolute Gasteiger partial charge is 0.260 e. The molecule has 0 radical (unpaired) electrons. The first kappa shape index (κ1) is 13.5. The normalized spacial score (nSPS) is 26.3. The van der Waals surface area contributed by atoms with Crippen molar-refractivity contribution in [1.29, 1.82) is 0 Å². The van der Waals surface area contributed by atoms with E-state index in [0.29, 0.717) is 25.0 Å². The molecule has 6 nitrogen and oxygen atoms in total. The van der Waals surface area contributed by atoms with Crippen LogP contribution in [0, 0.1) is 5.92 Å². The quantitative estimate of drug-likeness (QED) is 0.832. The first-order valence-electron chi connectivity index (χ1n) is 6.25. The lowest BCUT2D eigenvalue weighted by molar-refractivity contribution is 0.209. The van der Waals surface area contributed by atoms with Gasteiger partial charge in [-0.25, -0.2) is 13.4 Å². The third-order valence-corrected chi connectivity index (χ3v) is 5.47. The number of nitrogens with zero attached hydrogens (tertiary/aromatic N) is 2. The van der Waals surface area contributed by atoms with Gasteiger partial charge >= 0.3 is 0 Å². The Balaban J connectivity index is 2.16. The molecule has 0 spiro atoms. The van der Waals surface area contributed by atoms with Crippen LogP contribution in [0.2, 0.25) is 0 Å². The molecule has 2 N–H and O–H groups in total. The summed E-state index contributed by atoms with van der Waals surface area (Å²) in [6.07, 6.45) is 4.58. The second-order valence-corrected chi connectivity index (χ2v) is 6.54. The number of H-pyrrole nitrogens is 1. The van der Waals surface area contributed by atoms with E-state index in [-0.39, 0.29) is 5.03 Å². The van der Waals surface area contributed by atoms with Gasteiger partial charge in [0.15, 0.2) is 5.03 Å². The van der Waals surface area contributed by atoms with Crippen molar-refractivity contribution in [2.24, 2.45) is 5.92 Å². The van der Waals surface area contributed by atoms with Crippen molar-refractivity contribution >= 4 is 10.0 Å². The summed E-state index contributed by atoms with van der Waals surface area (Å²) in [6.45, 7) is 3.23. The summed E-state index contributed by atoms with van der Waals surface area (Å²) >= 11 is 0. The summed E-state index contributed by atoms with van der Waals surface area (Å²) in [5.74, 6) is 0.362. The zero-order valence-corrected chi connectivity index (χ0v) is 11.6. The van der Waals surface area contributed by atoms with E-state index in [1.54, 1.807) is 4.31 Å². The van der Waals surface area contributed by atoms with Gasteiger partial charge in [-0.2, -0.15) is 4.31 Å². The number of rotatable bonds is 4. The maximum absolute atomic E-state index is 12.3. The molecule has 1 aromatic rings. The average Bonchev–Trinajstić information content (AvgIpc) is 2.92. The van der Waals surface area contributed by atoms with Gasteiger partial charge in [-0.15, -0.1) is 0 Å². The van der Waals surface area contributed by atoms with Gasteiger partial charge < -0.3 is 10.3 Å². The molecule has 0 aromatic carbocycles. The first-order chi connectivity index (χ1) is 8.59. The van der Waals surface area contributed by atoms with Crippen molar-refractivity contribution in [3.63, 3.8) is 0 Å². The fourth-order valence-electron chi connectivity index (χ4n) is 2.53. The zero-order chi connectivity index (χ0) is 13.2. The molecule has 1 aliphatic heterocycles. The van der Waals surface area contributed by atoms with E-state index in [9.17, 15) is 8.42 Å². The van der Waals surface area contributed by atoms with Gasteiger partial charge in [0.1, 0.15) is 0 Å². The predicted molar refractivity (Wildman–Crippen MR) is 68.6 cm³/mol. The summed E-state index contributed by atoms with van der Waals surface area (Å²) in [5.41, 5.74) is 0. The molecule has 2 heterocycles. The summed E-state index contributed by atoms with van der Waals surface area (Å²) in [4.78, 5) is 6.46. The molecule has 0 amide bonds. The zero-order valence-electron chi connectivity index (χ0n) is 10.8. The first-order valence-corrected chi connectivity index (χ1v) is 7.69. The highest BCUT2D eigenvalue weighted by molar-refractivity contribution is 7.89. The number of aromatic nitrogens is 2. The summed E-state index contributed by atoms with van der Waals surface area (Å²) in [7, 11) is -1.47. The van der Waals surface area contributed by atoms with Crippen LogP contribution in [-0.2, 0) is 10.0 Å². The van der Waals surface area contributed by atoms with Crippen molar-refractivity contribution in [2.75, 3.05) is 20.1 Å². The lowest BCUT2D eigenvalue weighted by Gasteiger charge is -2.37. The van der Waals surface area contributed by atoms with Crippen LogP contribution < -0.4 is 5.32 Å². The fourth-order valence-corrected chi connectivity index (χ4v) is 3.94. The van der Waals surface area contributed by atoms with E-state index in [0.717, 1.165) is 12.8 Å². The largest absolute Gasteiger partial charge is 0.335 e. The minimum absolute atomic E-state index is 0.181. The standard InChI is InChI=1S/C11H20N4O2S/c1-3-9-7-15(5-4-10(9)12-2)18(16,17)11-6-13-8-14-11/h6,8-10,12H,3-5,7H2,1-2H3,(H,13,14). The van der Waals surface area contributed by atoms with Crippen LogP contribution in [0.1, 0.15) is 19.8 Å². The van der Waals surface area contributed by atoms with Gasteiger partial charge in [0, 0.05) is 19.1 Å². The van der Waals surface area contributed by atoms with Crippen molar-refractivity contribution in [2.45, 2.75) is 30.8 Å². The van der Waals surface area contributed by atoms with E-state index < -0.39 is 10.0 Å². The van der Waals surface area contributed by atoms with Crippen LogP contribution in [0.15, 0.2) is 17.6 Å². The third-order valence-electron chi connectivity index (χ3n) is 3.68. The number of piperidine rings is 1. The Morgan fingerprint density at radius 3 is 2.94 bits per heavy atom. The second kappa shape index (κ2) is 5.38. The Hall–Kier alpha value is -0.920. The maximum Gasteiger partial charge on any atom is 0.260 e. The molecule has 1 saturated heterocycles. The molecular weight excluding hydrogens is 252 g/mol. The number of nitrogens with one attached hydrogen (secondary N) is 2. The third kappa shape index (κ3) is 2.43. The van der Waals surface area contributed by atoms with E-state index >= 15 is 0 Å². The molecule has 1 aromatic heterocycles. The molecule has 2 atom stereocenters. The highest BCUT2D eigenvalue weighted by atomic mass is 32.2. The van der Waals surface area contributed by atoms with E-state index in [4.69, 9.17) is 0 Å². The number of imidazole rings is 1. The van der Waals surface area contributed by atoms with Crippen LogP contribution in [-0.4, -0.2) is 48.9 Å². The van der Waals surface area contributed by atoms with Gasteiger partial charge in [-0.3, -0.25) is 0 Å². The molecule has 1 fully saturated rings. The number of hydrogen-bond donors (Lipinski definition) is 2. The van der Waals surface area contributed by atoms with Gasteiger partial charge in [-0.1, -0.05) is 13.3 Å². The van der Waals surface area contributed by atoms with Crippen LogP contribution in [0.25, 0.3) is 0 Å². The van der Waals surface area contributed by atoms with Crippen molar-refractivity contribution in [3.05, 3.63) is 12.5 Å². The minimum atomic E-state index is -3.41. The van der Waals surface area contributed by atoms with Crippen molar-refractivity contribution in [1.82, 2.24) is 19.6 Å². The Bertz CT molecular complexity index is 471. The predicted octanol–water partition coefficient (Wildman–Crippen LogP) is 0.418. The van der Waals surface area contributed by atoms with E-state index in [2.05, 4.69) is 22.2 Å². The number of aromatic amines is 1. The van der Waals surface area contributed by atoms with Gasteiger partial charge in [0.05, 0.1) is 12.5 Å². The molecule has 2 unspecified atom stereocenters. The Morgan fingerprint density at radius 1 is 1.61 bits per heavy atom. The SMILES string of the molecule is CCC1CN(S(=O)(=O)c2cnc[nH]2)CCC1NC. The van der Waals surface area contributed by atoms with Crippen LogP contribution in [0.4, 0.5) is 0 Å². The number of hydrogen-bond acceptors (Lipinski definition) is 4. The average molecular weight is 272 g/mol. The van der Waals surface area contributed by atoms with Crippen LogP contribution in [0.3, 0.4) is 0 Å². The molecule has 0 aliphatic carbocycles. The van der Waals surface area contributed by atoms with Crippen molar-refractivity contribution in [3.8, 4) is 0 Å². The molecule has 0 saturated carbocycles. The molecular formula is C11H20N4O2S. The molecule has 18 heavy (non-hydrogen) atoms. The monoisotopic (exact) mass is 272 g/mol. The fraction of sp³-hybridized carbons (Fsp3) is 0.727. The Kier molecular flexibility index (Phi) is 4.04. The second-order valence-electron chi connectivity index (χ2n) is 4.63. The number of sulfonamides is 1. The summed E-state index contributed by atoms with van der Waals surface area (Å²) in [5, 5.41) is 3.45. The lowest BCUT2D eigenvalue weighted by Crippen LogP contribution is -2.49. The molecule has 2 rings (SSSR count). The van der Waals surface area contributed by atoms with E-state index in [1.165, 1.54) is 12.5 Å². The van der Waals surface area contributed by atoms with Gasteiger partial charge in [0.25, 0.3) is 10.0 Å². The van der Waals surface area contributed by atoms with E-state index in [1.807, 2.05) is 7.05 Å². The molecule has 102 valence electrons.